The number of β-amino-alcohol motifs (C(OH)–C–C–N with tert-alkyl or cyclic N) is 1. The Morgan fingerprint density at radius 2 is 1.92 bits per heavy atom. The summed E-state index contributed by atoms with van der Waals surface area (Å²) in [5.74, 6) is 2.12. The van der Waals surface area contributed by atoms with Gasteiger partial charge in [-0.05, 0) is 31.0 Å². The van der Waals surface area contributed by atoms with E-state index in [2.05, 4.69) is 4.90 Å². The molecule has 1 aromatic carbocycles. The molecule has 3 rings (SSSR count). The third-order valence-electron chi connectivity index (χ3n) is 4.79. The van der Waals surface area contributed by atoms with Crippen molar-refractivity contribution in [2.45, 2.75) is 19.4 Å². The number of hydrogen-bond donors (Lipinski definition) is 2. The minimum atomic E-state index is -0.535. The lowest BCUT2D eigenvalue weighted by molar-refractivity contribution is 0.0546. The van der Waals surface area contributed by atoms with Crippen LogP contribution in [-0.2, 0) is 0 Å². The maximum Gasteiger partial charge on any atom is 0.162 e. The van der Waals surface area contributed by atoms with Gasteiger partial charge in [0, 0.05) is 37.1 Å². The Balaban J connectivity index is 1.98. The number of aliphatic hydroxyl groups is 2. The molecule has 0 bridgehead atoms. The van der Waals surface area contributed by atoms with E-state index in [4.69, 9.17) is 14.5 Å². The van der Waals surface area contributed by atoms with Crippen LogP contribution in [-0.4, -0.2) is 55.2 Å². The molecule has 1 aromatic heterocycles. The first kappa shape index (κ1) is 16.8. The van der Waals surface area contributed by atoms with Gasteiger partial charge in [-0.1, -0.05) is 0 Å². The molecule has 1 aliphatic rings. The van der Waals surface area contributed by atoms with Crippen molar-refractivity contribution in [1.82, 2.24) is 4.98 Å². The largest absolute Gasteiger partial charge is 0.493 e. The summed E-state index contributed by atoms with van der Waals surface area (Å²) in [6.45, 7) is 3.32. The van der Waals surface area contributed by atoms with Crippen LogP contribution >= 0.6 is 0 Å². The van der Waals surface area contributed by atoms with Gasteiger partial charge in [-0.2, -0.15) is 0 Å². The standard InChI is InChI=1S/C18H24N2O4/c1-11-6-18(20-5-4-12(10-21)15(22)9-20)19-14-8-17(24-3)16(23-2)7-13(11)14/h6-8,12,15,21-22H,4-5,9-10H2,1-3H3/t12-,15-/m1/s1. The first-order chi connectivity index (χ1) is 11.6. The fraction of sp³-hybridized carbons (Fsp3) is 0.500. The highest BCUT2D eigenvalue weighted by Crippen LogP contribution is 2.34. The molecule has 6 nitrogen and oxygen atoms in total. The Morgan fingerprint density at radius 1 is 1.21 bits per heavy atom. The summed E-state index contributed by atoms with van der Waals surface area (Å²) in [7, 11) is 3.23. The Labute approximate surface area is 141 Å². The zero-order valence-electron chi connectivity index (χ0n) is 14.3. The molecular weight excluding hydrogens is 308 g/mol. The van der Waals surface area contributed by atoms with E-state index in [-0.39, 0.29) is 12.5 Å². The minimum absolute atomic E-state index is 0.0240. The molecule has 0 aliphatic carbocycles. The zero-order chi connectivity index (χ0) is 17.3. The Kier molecular flexibility index (Phi) is 4.78. The van der Waals surface area contributed by atoms with Crippen LogP contribution in [0.1, 0.15) is 12.0 Å². The number of fused-ring (bicyclic) bond motifs is 1. The van der Waals surface area contributed by atoms with Gasteiger partial charge in [-0.15, -0.1) is 0 Å². The normalized spacial score (nSPS) is 21.1. The summed E-state index contributed by atoms with van der Waals surface area (Å²) >= 11 is 0. The van der Waals surface area contributed by atoms with E-state index < -0.39 is 6.10 Å². The average Bonchev–Trinajstić information content (AvgIpc) is 2.60. The molecule has 0 unspecified atom stereocenters. The second-order valence-corrected chi connectivity index (χ2v) is 6.27. The maximum atomic E-state index is 10.2. The second-order valence-electron chi connectivity index (χ2n) is 6.27. The minimum Gasteiger partial charge on any atom is -0.493 e. The topological polar surface area (TPSA) is 75.1 Å². The fourth-order valence-electron chi connectivity index (χ4n) is 3.27. The van der Waals surface area contributed by atoms with Gasteiger partial charge in [-0.25, -0.2) is 4.98 Å². The smallest absolute Gasteiger partial charge is 0.162 e. The number of hydrogen-bond acceptors (Lipinski definition) is 6. The molecule has 1 aliphatic heterocycles. The molecule has 1 fully saturated rings. The molecule has 2 aromatic rings. The molecule has 2 N–H and O–H groups in total. The van der Waals surface area contributed by atoms with Crippen LogP contribution in [0, 0.1) is 12.8 Å². The predicted octanol–water partition coefficient (Wildman–Crippen LogP) is 1.74. The van der Waals surface area contributed by atoms with Crippen LogP contribution in [0.2, 0.25) is 0 Å². The molecule has 2 heterocycles. The van der Waals surface area contributed by atoms with E-state index in [1.54, 1.807) is 14.2 Å². The van der Waals surface area contributed by atoms with Crippen LogP contribution in [0.15, 0.2) is 18.2 Å². The lowest BCUT2D eigenvalue weighted by Crippen LogP contribution is -2.45. The summed E-state index contributed by atoms with van der Waals surface area (Å²) in [5.41, 5.74) is 1.93. The first-order valence-corrected chi connectivity index (χ1v) is 8.14. The zero-order valence-corrected chi connectivity index (χ0v) is 14.3. The lowest BCUT2D eigenvalue weighted by atomic mass is 9.94. The predicted molar refractivity (Wildman–Crippen MR) is 93.0 cm³/mol. The van der Waals surface area contributed by atoms with E-state index in [1.165, 1.54) is 0 Å². The quantitative estimate of drug-likeness (QED) is 0.888. The second kappa shape index (κ2) is 6.83. The van der Waals surface area contributed by atoms with Crippen molar-refractivity contribution in [3.63, 3.8) is 0 Å². The van der Waals surface area contributed by atoms with E-state index in [0.717, 1.165) is 35.2 Å². The summed E-state index contributed by atoms with van der Waals surface area (Å²) in [5, 5.41) is 20.5. The van der Waals surface area contributed by atoms with Crippen molar-refractivity contribution in [2.75, 3.05) is 38.8 Å². The van der Waals surface area contributed by atoms with Crippen molar-refractivity contribution >= 4 is 16.7 Å². The van der Waals surface area contributed by atoms with E-state index in [0.29, 0.717) is 18.0 Å². The highest BCUT2D eigenvalue weighted by atomic mass is 16.5. The third kappa shape index (κ3) is 2.99. The third-order valence-corrected chi connectivity index (χ3v) is 4.79. The summed E-state index contributed by atoms with van der Waals surface area (Å²) in [6, 6.07) is 5.84. The van der Waals surface area contributed by atoms with E-state index in [9.17, 15) is 10.2 Å². The van der Waals surface area contributed by atoms with Gasteiger partial charge >= 0.3 is 0 Å². The molecule has 0 saturated carbocycles. The number of aliphatic hydroxyl groups excluding tert-OH is 2. The number of methoxy groups -OCH3 is 2. The van der Waals surface area contributed by atoms with Gasteiger partial charge in [0.25, 0.3) is 0 Å². The highest BCUT2D eigenvalue weighted by molar-refractivity contribution is 5.87. The van der Waals surface area contributed by atoms with Crippen molar-refractivity contribution < 1.29 is 19.7 Å². The number of nitrogens with zero attached hydrogens (tertiary/aromatic N) is 2. The van der Waals surface area contributed by atoms with Gasteiger partial charge in [-0.3, -0.25) is 0 Å². The molecular formula is C18H24N2O4. The highest BCUT2D eigenvalue weighted by Gasteiger charge is 2.28. The van der Waals surface area contributed by atoms with Crippen molar-refractivity contribution in [3.8, 4) is 11.5 Å². The maximum absolute atomic E-state index is 10.2. The number of benzene rings is 1. The van der Waals surface area contributed by atoms with E-state index >= 15 is 0 Å². The Bertz CT molecular complexity index is 735. The number of rotatable bonds is 4. The number of aryl methyl sites for hydroxylation is 1. The van der Waals surface area contributed by atoms with Gasteiger partial charge < -0.3 is 24.6 Å². The Morgan fingerprint density at radius 3 is 2.54 bits per heavy atom. The Hall–Kier alpha value is -2.05. The van der Waals surface area contributed by atoms with E-state index in [1.807, 2.05) is 25.1 Å². The molecule has 0 amide bonds. The summed E-state index contributed by atoms with van der Waals surface area (Å²) in [4.78, 5) is 6.82. The fourth-order valence-corrected chi connectivity index (χ4v) is 3.27. The molecule has 0 spiro atoms. The SMILES string of the molecule is COc1cc2nc(N3CC[C@H](CO)[C@H](O)C3)cc(C)c2cc1OC. The number of piperidine rings is 1. The molecule has 6 heteroatoms. The molecule has 24 heavy (non-hydrogen) atoms. The summed E-state index contributed by atoms with van der Waals surface area (Å²) < 4.78 is 10.7. The van der Waals surface area contributed by atoms with Crippen LogP contribution in [0.4, 0.5) is 5.82 Å². The molecule has 130 valence electrons. The molecule has 1 saturated heterocycles. The molecule has 0 radical (unpaired) electrons. The number of pyridine rings is 1. The van der Waals surface area contributed by atoms with Crippen LogP contribution in [0.3, 0.4) is 0 Å². The van der Waals surface area contributed by atoms with Crippen LogP contribution in [0.5, 0.6) is 11.5 Å². The lowest BCUT2D eigenvalue weighted by Gasteiger charge is -2.36. The van der Waals surface area contributed by atoms with Gasteiger partial charge in [0.1, 0.15) is 5.82 Å². The molecule has 2 atom stereocenters. The monoisotopic (exact) mass is 332 g/mol. The first-order valence-electron chi connectivity index (χ1n) is 8.14. The number of aromatic nitrogens is 1. The summed E-state index contributed by atoms with van der Waals surface area (Å²) in [6.07, 6.45) is 0.217. The average molecular weight is 332 g/mol. The van der Waals surface area contributed by atoms with Gasteiger partial charge in [0.05, 0.1) is 25.8 Å². The van der Waals surface area contributed by atoms with Crippen molar-refractivity contribution in [1.29, 1.82) is 0 Å². The van der Waals surface area contributed by atoms with Crippen LogP contribution in [0.25, 0.3) is 10.9 Å². The van der Waals surface area contributed by atoms with Gasteiger partial charge in [0.2, 0.25) is 0 Å². The van der Waals surface area contributed by atoms with Crippen molar-refractivity contribution in [2.24, 2.45) is 5.92 Å². The van der Waals surface area contributed by atoms with Crippen molar-refractivity contribution in [3.05, 3.63) is 23.8 Å². The number of anilines is 1. The van der Waals surface area contributed by atoms with Gasteiger partial charge in [0.15, 0.2) is 11.5 Å². The number of ether oxygens (including phenoxy) is 2. The van der Waals surface area contributed by atoms with Crippen LogP contribution < -0.4 is 14.4 Å².